The zero-order valence-electron chi connectivity index (χ0n) is 13.7. The molecular weight excluding hydrogens is 365 g/mol. The van der Waals surface area contributed by atoms with Crippen molar-refractivity contribution in [1.29, 1.82) is 0 Å². The first-order valence-corrected chi connectivity index (χ1v) is 8.32. The minimum absolute atomic E-state index is 0.0429. The quantitative estimate of drug-likeness (QED) is 0.444. The summed E-state index contributed by atoms with van der Waals surface area (Å²) in [5, 5.41) is 0. The maximum absolute atomic E-state index is 12.5. The molecule has 2 rings (SSSR count). The Morgan fingerprint density at radius 1 is 1.00 bits per heavy atom. The smallest absolute Gasteiger partial charge is 0.376 e. The molecule has 0 saturated heterocycles. The number of carbonyl (C=O) groups is 2. The average Bonchev–Trinajstić information content (AvgIpc) is 2.53. The van der Waals surface area contributed by atoms with Crippen molar-refractivity contribution in [1.82, 2.24) is 0 Å². The van der Waals surface area contributed by atoms with Crippen molar-refractivity contribution in [2.45, 2.75) is 19.4 Å². The molecule has 0 atom stereocenters. The summed E-state index contributed by atoms with van der Waals surface area (Å²) < 4.78 is 63.7. The Labute approximate surface area is 142 Å². The second-order valence-corrected chi connectivity index (χ2v) is 7.52. The lowest BCUT2D eigenvalue weighted by Crippen LogP contribution is -2.46. The lowest BCUT2D eigenvalue weighted by molar-refractivity contribution is -0.137. The van der Waals surface area contributed by atoms with E-state index in [1.54, 1.807) is 0 Å². The molecule has 138 valence electrons. The second kappa shape index (κ2) is 5.61. The SMILES string of the molecule is CN1C(=O)C(C)(C)C(=O)N(C)c2cc(OS(=O)(=O)C(F)(F)F)ccc21. The molecule has 0 aromatic heterocycles. The minimum Gasteiger partial charge on any atom is -0.376 e. The van der Waals surface area contributed by atoms with Gasteiger partial charge in [-0.25, -0.2) is 0 Å². The van der Waals surface area contributed by atoms with Gasteiger partial charge in [0.2, 0.25) is 11.8 Å². The van der Waals surface area contributed by atoms with Gasteiger partial charge in [0, 0.05) is 20.2 Å². The van der Waals surface area contributed by atoms with Crippen LogP contribution in [0.5, 0.6) is 5.75 Å². The molecular formula is C14H15F3N2O5S. The van der Waals surface area contributed by atoms with Crippen LogP contribution in [0.4, 0.5) is 24.5 Å². The third kappa shape index (κ3) is 3.03. The number of carbonyl (C=O) groups excluding carboxylic acids is 2. The predicted octanol–water partition coefficient (Wildman–Crippen LogP) is 1.88. The lowest BCUT2D eigenvalue weighted by atomic mass is 9.90. The Kier molecular flexibility index (Phi) is 4.27. The minimum atomic E-state index is -5.85. The van der Waals surface area contributed by atoms with Gasteiger partial charge < -0.3 is 14.0 Å². The molecule has 1 aromatic rings. The van der Waals surface area contributed by atoms with E-state index in [0.29, 0.717) is 0 Å². The van der Waals surface area contributed by atoms with E-state index in [1.807, 2.05) is 0 Å². The molecule has 0 aliphatic carbocycles. The molecule has 25 heavy (non-hydrogen) atoms. The van der Waals surface area contributed by atoms with Crippen LogP contribution >= 0.6 is 0 Å². The normalized spacial score (nSPS) is 18.0. The zero-order valence-corrected chi connectivity index (χ0v) is 14.5. The molecule has 0 spiro atoms. The summed E-state index contributed by atoms with van der Waals surface area (Å²) in [6, 6.07) is 3.14. The van der Waals surface area contributed by atoms with E-state index in [0.717, 1.165) is 17.0 Å². The van der Waals surface area contributed by atoms with E-state index in [2.05, 4.69) is 4.18 Å². The molecule has 1 aliphatic heterocycles. The van der Waals surface area contributed by atoms with Gasteiger partial charge in [-0.2, -0.15) is 21.6 Å². The van der Waals surface area contributed by atoms with Crippen molar-refractivity contribution < 1.29 is 35.4 Å². The Morgan fingerprint density at radius 2 is 1.48 bits per heavy atom. The summed E-state index contributed by atoms with van der Waals surface area (Å²) >= 11 is 0. The van der Waals surface area contributed by atoms with Crippen molar-refractivity contribution in [3.63, 3.8) is 0 Å². The topological polar surface area (TPSA) is 84.0 Å². The summed E-state index contributed by atoms with van der Waals surface area (Å²) in [5.41, 5.74) is -6.72. The first-order chi connectivity index (χ1) is 11.2. The largest absolute Gasteiger partial charge is 0.534 e. The lowest BCUT2D eigenvalue weighted by Gasteiger charge is -2.25. The summed E-state index contributed by atoms with van der Waals surface area (Å²) in [5.74, 6) is -1.74. The predicted molar refractivity (Wildman–Crippen MR) is 82.6 cm³/mol. The van der Waals surface area contributed by atoms with Gasteiger partial charge in [0.25, 0.3) is 0 Å². The number of nitrogens with zero attached hydrogens (tertiary/aromatic N) is 2. The van der Waals surface area contributed by atoms with E-state index in [-0.39, 0.29) is 11.4 Å². The van der Waals surface area contributed by atoms with E-state index in [1.165, 1.54) is 38.9 Å². The highest BCUT2D eigenvalue weighted by Gasteiger charge is 2.49. The molecule has 0 saturated carbocycles. The molecule has 11 heteroatoms. The third-order valence-corrected chi connectivity index (χ3v) is 4.82. The highest BCUT2D eigenvalue weighted by molar-refractivity contribution is 7.88. The van der Waals surface area contributed by atoms with Crippen LogP contribution in [0, 0.1) is 5.41 Å². The number of hydrogen-bond acceptors (Lipinski definition) is 5. The number of halogens is 3. The van der Waals surface area contributed by atoms with Crippen LogP contribution in [0.1, 0.15) is 13.8 Å². The number of anilines is 2. The van der Waals surface area contributed by atoms with E-state index >= 15 is 0 Å². The molecule has 0 bridgehead atoms. The van der Waals surface area contributed by atoms with Gasteiger partial charge in [-0.3, -0.25) is 9.59 Å². The third-order valence-electron chi connectivity index (χ3n) is 3.84. The Balaban J connectivity index is 2.56. The Bertz CT molecular complexity index is 849. The first kappa shape index (κ1) is 19.0. The number of benzene rings is 1. The van der Waals surface area contributed by atoms with Crippen LogP contribution in [0.2, 0.25) is 0 Å². The summed E-state index contributed by atoms with van der Waals surface area (Å²) in [4.78, 5) is 27.2. The number of alkyl halides is 3. The van der Waals surface area contributed by atoms with Gasteiger partial charge in [0.15, 0.2) is 0 Å². The van der Waals surface area contributed by atoms with Gasteiger partial charge in [-0.05, 0) is 26.0 Å². The van der Waals surface area contributed by atoms with Crippen LogP contribution in [-0.2, 0) is 19.7 Å². The first-order valence-electron chi connectivity index (χ1n) is 6.91. The standard InChI is InChI=1S/C14H15F3N2O5S/c1-13(2)11(20)18(3)9-6-5-8(7-10(9)19(4)12(13)21)24-25(22,23)14(15,16)17/h5-7H,1-4H3. The molecule has 0 N–H and O–H groups in total. The van der Waals surface area contributed by atoms with Crippen LogP contribution in [-0.4, -0.2) is 39.8 Å². The maximum Gasteiger partial charge on any atom is 0.534 e. The van der Waals surface area contributed by atoms with E-state index < -0.39 is 38.6 Å². The van der Waals surface area contributed by atoms with Crippen LogP contribution in [0.25, 0.3) is 0 Å². The molecule has 1 aromatic carbocycles. The summed E-state index contributed by atoms with van der Waals surface area (Å²) in [6.45, 7) is 2.84. The summed E-state index contributed by atoms with van der Waals surface area (Å²) in [6.07, 6.45) is 0. The Hall–Kier alpha value is -2.30. The molecule has 0 radical (unpaired) electrons. The fraction of sp³-hybridized carbons (Fsp3) is 0.429. The van der Waals surface area contributed by atoms with Gasteiger partial charge in [-0.15, -0.1) is 0 Å². The van der Waals surface area contributed by atoms with Crippen molar-refractivity contribution in [3.8, 4) is 5.75 Å². The van der Waals surface area contributed by atoms with Crippen LogP contribution < -0.4 is 14.0 Å². The van der Waals surface area contributed by atoms with Crippen molar-refractivity contribution in [2.75, 3.05) is 23.9 Å². The van der Waals surface area contributed by atoms with E-state index in [9.17, 15) is 31.2 Å². The zero-order chi connectivity index (χ0) is 19.4. The number of fused-ring (bicyclic) bond motifs is 1. The van der Waals surface area contributed by atoms with Gasteiger partial charge in [-0.1, -0.05) is 0 Å². The highest BCUT2D eigenvalue weighted by atomic mass is 32.2. The van der Waals surface area contributed by atoms with Gasteiger partial charge in [0.05, 0.1) is 11.4 Å². The van der Waals surface area contributed by atoms with Gasteiger partial charge >= 0.3 is 15.6 Å². The highest BCUT2D eigenvalue weighted by Crippen LogP contribution is 2.40. The fourth-order valence-corrected chi connectivity index (χ4v) is 2.88. The van der Waals surface area contributed by atoms with Gasteiger partial charge in [0.1, 0.15) is 11.2 Å². The molecule has 2 amide bonds. The maximum atomic E-state index is 12.5. The fourth-order valence-electron chi connectivity index (χ4n) is 2.43. The van der Waals surface area contributed by atoms with Crippen molar-refractivity contribution in [3.05, 3.63) is 18.2 Å². The van der Waals surface area contributed by atoms with Crippen LogP contribution in [0.3, 0.4) is 0 Å². The number of amides is 2. The molecule has 7 nitrogen and oxygen atoms in total. The summed E-state index contributed by atoms with van der Waals surface area (Å²) in [7, 11) is -3.11. The molecule has 1 aliphatic rings. The van der Waals surface area contributed by atoms with Crippen molar-refractivity contribution >= 4 is 33.3 Å². The second-order valence-electron chi connectivity index (χ2n) is 5.99. The number of rotatable bonds is 2. The monoisotopic (exact) mass is 380 g/mol. The van der Waals surface area contributed by atoms with Crippen molar-refractivity contribution in [2.24, 2.45) is 5.41 Å². The van der Waals surface area contributed by atoms with E-state index in [4.69, 9.17) is 0 Å². The average molecular weight is 380 g/mol. The van der Waals surface area contributed by atoms with Crippen LogP contribution in [0.15, 0.2) is 18.2 Å². The molecule has 0 unspecified atom stereocenters. The molecule has 1 heterocycles. The Morgan fingerprint density at radius 3 is 1.96 bits per heavy atom. The number of hydrogen-bond donors (Lipinski definition) is 0. The molecule has 0 fully saturated rings.